The van der Waals surface area contributed by atoms with Crippen molar-refractivity contribution in [2.45, 2.75) is 18.9 Å². The Morgan fingerprint density at radius 3 is 2.62 bits per heavy atom. The van der Waals surface area contributed by atoms with E-state index in [0.29, 0.717) is 23.6 Å². The Morgan fingerprint density at radius 2 is 1.95 bits per heavy atom. The topological polar surface area (TPSA) is 63.4 Å². The van der Waals surface area contributed by atoms with Crippen molar-refractivity contribution < 1.29 is 9.59 Å². The number of rotatable bonds is 5. The summed E-state index contributed by atoms with van der Waals surface area (Å²) in [6.07, 6.45) is 1.96. The van der Waals surface area contributed by atoms with Gasteiger partial charge in [-0.25, -0.2) is 0 Å². The fraction of sp³-hybridized carbons (Fsp3) is 0.467. The number of likely N-dealkylation sites (tertiary alicyclic amines) is 1. The number of carbonyl (C=O) groups is 2. The number of nitrogens with zero attached hydrogens (tertiary/aromatic N) is 1. The highest BCUT2D eigenvalue weighted by Gasteiger charge is 2.21. The molecule has 1 aliphatic heterocycles. The third-order valence-electron chi connectivity index (χ3n) is 3.37. The zero-order chi connectivity index (χ0) is 14.4. The molecular weight excluding hydrogens is 308 g/mol. The van der Waals surface area contributed by atoms with Crippen LogP contribution in [0.3, 0.4) is 0 Å². The molecule has 1 saturated heterocycles. The van der Waals surface area contributed by atoms with Gasteiger partial charge in [-0.05, 0) is 12.8 Å². The number of piperidine rings is 1. The van der Waals surface area contributed by atoms with E-state index in [4.69, 9.17) is 5.73 Å². The summed E-state index contributed by atoms with van der Waals surface area (Å²) in [7, 11) is 0. The van der Waals surface area contributed by atoms with Crippen LogP contribution in [0.1, 0.15) is 23.2 Å². The molecule has 6 heteroatoms. The monoisotopic (exact) mass is 328 g/mol. The molecule has 1 aliphatic rings. The lowest BCUT2D eigenvalue weighted by Crippen LogP contribution is -2.46. The maximum Gasteiger partial charge on any atom is 0.232 e. The number of Topliss-reactive ketones (excluding diaryl/α,β-unsaturated/α-hetero) is 1. The Morgan fingerprint density at radius 1 is 1.24 bits per heavy atom. The highest BCUT2D eigenvalue weighted by Crippen LogP contribution is 2.12. The molecule has 2 rings (SSSR count). The minimum absolute atomic E-state index is 0. The normalized spacial score (nSPS) is 18.0. The second-order valence-corrected chi connectivity index (χ2v) is 6.01. The summed E-state index contributed by atoms with van der Waals surface area (Å²) >= 11 is 1.38. The first-order valence-electron chi connectivity index (χ1n) is 6.86. The molecule has 0 spiro atoms. The lowest BCUT2D eigenvalue weighted by atomic mass is 10.1. The van der Waals surface area contributed by atoms with Crippen molar-refractivity contribution in [1.82, 2.24) is 4.90 Å². The van der Waals surface area contributed by atoms with Gasteiger partial charge in [0.05, 0.1) is 11.5 Å². The van der Waals surface area contributed by atoms with E-state index in [1.807, 2.05) is 23.1 Å². The average Bonchev–Trinajstić information content (AvgIpc) is 2.48. The van der Waals surface area contributed by atoms with Gasteiger partial charge in [0.25, 0.3) is 0 Å². The van der Waals surface area contributed by atoms with Crippen molar-refractivity contribution in [3.05, 3.63) is 35.9 Å². The van der Waals surface area contributed by atoms with Crippen LogP contribution in [0.25, 0.3) is 0 Å². The first kappa shape index (κ1) is 18.0. The molecule has 0 saturated carbocycles. The van der Waals surface area contributed by atoms with E-state index in [1.54, 1.807) is 12.1 Å². The molecule has 1 amide bonds. The van der Waals surface area contributed by atoms with Gasteiger partial charge in [0.15, 0.2) is 5.78 Å². The Labute approximate surface area is 135 Å². The van der Waals surface area contributed by atoms with Gasteiger partial charge in [0.2, 0.25) is 5.91 Å². The predicted octanol–water partition coefficient (Wildman–Crippen LogP) is 1.97. The SMILES string of the molecule is Cl.NC1CCCN(C(=O)CSCC(=O)c2ccccc2)C1. The zero-order valence-electron chi connectivity index (χ0n) is 11.9. The minimum Gasteiger partial charge on any atom is -0.340 e. The van der Waals surface area contributed by atoms with Gasteiger partial charge in [-0.15, -0.1) is 24.2 Å². The number of amides is 1. The van der Waals surface area contributed by atoms with Gasteiger partial charge in [-0.3, -0.25) is 9.59 Å². The Bertz CT molecular complexity index is 470. The molecule has 0 bridgehead atoms. The van der Waals surface area contributed by atoms with Crippen LogP contribution in [0.15, 0.2) is 30.3 Å². The summed E-state index contributed by atoms with van der Waals surface area (Å²) < 4.78 is 0. The molecule has 0 aromatic heterocycles. The number of thioether (sulfide) groups is 1. The average molecular weight is 329 g/mol. The van der Waals surface area contributed by atoms with Gasteiger partial charge in [0.1, 0.15) is 0 Å². The third-order valence-corrected chi connectivity index (χ3v) is 4.28. The summed E-state index contributed by atoms with van der Waals surface area (Å²) in [6.45, 7) is 1.44. The van der Waals surface area contributed by atoms with Crippen molar-refractivity contribution in [3.63, 3.8) is 0 Å². The summed E-state index contributed by atoms with van der Waals surface area (Å²) in [6, 6.07) is 9.27. The summed E-state index contributed by atoms with van der Waals surface area (Å²) in [5, 5.41) is 0. The lowest BCUT2D eigenvalue weighted by molar-refractivity contribution is -0.129. The molecule has 1 aromatic carbocycles. The van der Waals surface area contributed by atoms with E-state index in [0.717, 1.165) is 19.4 Å². The standard InChI is InChI=1S/C15H20N2O2S.ClH/c16-13-7-4-8-17(9-13)15(19)11-20-10-14(18)12-5-2-1-3-6-12;/h1-3,5-6,13H,4,7-11,16H2;1H. The van der Waals surface area contributed by atoms with Crippen molar-refractivity contribution in [2.75, 3.05) is 24.6 Å². The number of hydrogen-bond donors (Lipinski definition) is 1. The van der Waals surface area contributed by atoms with E-state index in [1.165, 1.54) is 11.8 Å². The van der Waals surface area contributed by atoms with E-state index in [-0.39, 0.29) is 30.1 Å². The molecule has 1 unspecified atom stereocenters. The quantitative estimate of drug-likeness (QED) is 0.839. The van der Waals surface area contributed by atoms with Crippen molar-refractivity contribution in [2.24, 2.45) is 5.73 Å². The van der Waals surface area contributed by atoms with Crippen LogP contribution in [0.4, 0.5) is 0 Å². The predicted molar refractivity (Wildman–Crippen MR) is 89.1 cm³/mol. The number of nitrogens with two attached hydrogens (primary N) is 1. The lowest BCUT2D eigenvalue weighted by Gasteiger charge is -2.30. The molecule has 2 N–H and O–H groups in total. The third kappa shape index (κ3) is 5.69. The largest absolute Gasteiger partial charge is 0.340 e. The first-order chi connectivity index (χ1) is 9.66. The highest BCUT2D eigenvalue weighted by molar-refractivity contribution is 8.00. The fourth-order valence-corrected chi connectivity index (χ4v) is 3.08. The second kappa shape index (κ2) is 9.07. The van der Waals surface area contributed by atoms with Crippen LogP contribution in [0.2, 0.25) is 0 Å². The molecule has 116 valence electrons. The van der Waals surface area contributed by atoms with Crippen LogP contribution in [0, 0.1) is 0 Å². The Kier molecular flexibility index (Phi) is 7.78. The van der Waals surface area contributed by atoms with Crippen molar-refractivity contribution in [1.29, 1.82) is 0 Å². The van der Waals surface area contributed by atoms with E-state index < -0.39 is 0 Å². The molecule has 1 heterocycles. The Balaban J connectivity index is 0.00000220. The summed E-state index contributed by atoms with van der Waals surface area (Å²) in [5.74, 6) is 0.853. The van der Waals surface area contributed by atoms with Gasteiger partial charge in [0, 0.05) is 24.7 Å². The van der Waals surface area contributed by atoms with Crippen LogP contribution < -0.4 is 5.73 Å². The molecule has 0 aliphatic carbocycles. The molecule has 1 aromatic rings. The highest BCUT2D eigenvalue weighted by atomic mass is 35.5. The summed E-state index contributed by atoms with van der Waals surface area (Å²) in [4.78, 5) is 25.7. The molecule has 1 atom stereocenters. The van der Waals surface area contributed by atoms with Crippen LogP contribution >= 0.6 is 24.2 Å². The Hall–Kier alpha value is -1.04. The summed E-state index contributed by atoms with van der Waals surface area (Å²) in [5.41, 5.74) is 6.56. The molecule has 4 nitrogen and oxygen atoms in total. The van der Waals surface area contributed by atoms with Gasteiger partial charge >= 0.3 is 0 Å². The molecule has 0 radical (unpaired) electrons. The molecule has 21 heavy (non-hydrogen) atoms. The van der Waals surface area contributed by atoms with Crippen LogP contribution in [-0.4, -0.2) is 47.2 Å². The number of halogens is 1. The van der Waals surface area contributed by atoms with Crippen molar-refractivity contribution in [3.8, 4) is 0 Å². The number of benzene rings is 1. The maximum absolute atomic E-state index is 12.0. The minimum atomic E-state index is 0. The van der Waals surface area contributed by atoms with Crippen molar-refractivity contribution >= 4 is 35.9 Å². The molecule has 1 fully saturated rings. The van der Waals surface area contributed by atoms with Crippen LogP contribution in [0.5, 0.6) is 0 Å². The zero-order valence-corrected chi connectivity index (χ0v) is 13.5. The van der Waals surface area contributed by atoms with Gasteiger partial charge in [-0.2, -0.15) is 0 Å². The van der Waals surface area contributed by atoms with Crippen LogP contribution in [-0.2, 0) is 4.79 Å². The van der Waals surface area contributed by atoms with Gasteiger partial charge in [-0.1, -0.05) is 30.3 Å². The smallest absolute Gasteiger partial charge is 0.232 e. The second-order valence-electron chi connectivity index (χ2n) is 5.02. The number of hydrogen-bond acceptors (Lipinski definition) is 4. The maximum atomic E-state index is 12.0. The van der Waals surface area contributed by atoms with E-state index in [2.05, 4.69) is 0 Å². The number of carbonyl (C=O) groups excluding carboxylic acids is 2. The van der Waals surface area contributed by atoms with E-state index in [9.17, 15) is 9.59 Å². The first-order valence-corrected chi connectivity index (χ1v) is 8.01. The number of ketones is 1. The van der Waals surface area contributed by atoms with E-state index >= 15 is 0 Å². The van der Waals surface area contributed by atoms with Gasteiger partial charge < -0.3 is 10.6 Å². The molecular formula is C15H21ClN2O2S. The fourth-order valence-electron chi connectivity index (χ4n) is 2.27.